The summed E-state index contributed by atoms with van der Waals surface area (Å²) >= 11 is 8.67. The van der Waals surface area contributed by atoms with Gasteiger partial charge in [0.25, 0.3) is 0 Å². The van der Waals surface area contributed by atoms with Crippen molar-refractivity contribution in [1.29, 1.82) is 0 Å². The van der Waals surface area contributed by atoms with Gasteiger partial charge >= 0.3 is 11.9 Å². The number of unbranched alkanes of at least 4 members (excludes halogenated alkanes) is 2. The van der Waals surface area contributed by atoms with E-state index < -0.39 is 11.9 Å². The zero-order chi connectivity index (χ0) is 14.0. The average Bonchev–Trinajstić information content (AvgIpc) is 2.37. The van der Waals surface area contributed by atoms with Gasteiger partial charge in [-0.05, 0) is 28.8 Å². The number of carbonyl (C=O) groups is 2. The van der Waals surface area contributed by atoms with Crippen LogP contribution in [0.3, 0.4) is 0 Å². The Balaban J connectivity index is 4.30. The Kier molecular flexibility index (Phi) is 10.1. The fraction of sp³-hybridized carbons (Fsp3) is 0.667. The highest BCUT2D eigenvalue weighted by Gasteiger charge is 2.19. The molecule has 0 aromatic rings. The lowest BCUT2D eigenvalue weighted by atomic mass is 10.3. The first-order valence-corrected chi connectivity index (χ1v) is 7.11. The van der Waals surface area contributed by atoms with Crippen molar-refractivity contribution in [2.75, 3.05) is 13.2 Å². The molecule has 104 valence electrons. The van der Waals surface area contributed by atoms with Crippen molar-refractivity contribution in [1.82, 2.24) is 0 Å². The van der Waals surface area contributed by atoms with E-state index in [0.29, 0.717) is 6.61 Å². The monoisotopic (exact) mass is 340 g/mol. The standard InChI is InChI=1S/C12H18BrClO4/c1-3-5-7-17-11(15)9(13)10(14)12(16)18-8-6-4-2/h3-8H2,1-2H3/b10-9-. The molecule has 0 saturated carbocycles. The van der Waals surface area contributed by atoms with Gasteiger partial charge in [-0.2, -0.15) is 0 Å². The molecule has 0 aliphatic heterocycles. The van der Waals surface area contributed by atoms with Crippen LogP contribution >= 0.6 is 27.5 Å². The quantitative estimate of drug-likeness (QED) is 0.385. The van der Waals surface area contributed by atoms with Gasteiger partial charge in [0.05, 0.1) is 13.2 Å². The average molecular weight is 342 g/mol. The SMILES string of the molecule is CCCCOC(=O)/C(Cl)=C(/Br)C(=O)OCCCC. The molecule has 0 aliphatic rings. The molecule has 4 nitrogen and oxygen atoms in total. The van der Waals surface area contributed by atoms with E-state index in [0.717, 1.165) is 25.7 Å². The zero-order valence-corrected chi connectivity index (χ0v) is 13.0. The van der Waals surface area contributed by atoms with Gasteiger partial charge in [-0.25, -0.2) is 9.59 Å². The Morgan fingerprint density at radius 1 is 1.00 bits per heavy atom. The summed E-state index contributed by atoms with van der Waals surface area (Å²) in [6, 6.07) is 0. The summed E-state index contributed by atoms with van der Waals surface area (Å²) in [5, 5.41) is -0.285. The van der Waals surface area contributed by atoms with Crippen LogP contribution in [0, 0.1) is 0 Å². The van der Waals surface area contributed by atoms with Gasteiger partial charge < -0.3 is 9.47 Å². The third-order valence-corrected chi connectivity index (χ3v) is 3.31. The van der Waals surface area contributed by atoms with Crippen molar-refractivity contribution < 1.29 is 19.1 Å². The Labute approximate surface area is 121 Å². The Hall–Kier alpha value is -0.550. The molecule has 0 rings (SSSR count). The fourth-order valence-electron chi connectivity index (χ4n) is 0.924. The Bertz CT molecular complexity index is 285. The van der Waals surface area contributed by atoms with Crippen LogP contribution in [0.1, 0.15) is 39.5 Å². The lowest BCUT2D eigenvalue weighted by molar-refractivity contribution is -0.141. The van der Waals surface area contributed by atoms with Crippen LogP contribution in [0.15, 0.2) is 9.51 Å². The first-order chi connectivity index (χ1) is 8.54. The smallest absolute Gasteiger partial charge is 0.351 e. The van der Waals surface area contributed by atoms with E-state index in [9.17, 15) is 9.59 Å². The highest BCUT2D eigenvalue weighted by Crippen LogP contribution is 2.19. The van der Waals surface area contributed by atoms with Gasteiger partial charge in [-0.3, -0.25) is 0 Å². The summed E-state index contributed by atoms with van der Waals surface area (Å²) in [5.74, 6) is -1.37. The molecule has 0 aliphatic carbocycles. The molecule has 0 spiro atoms. The van der Waals surface area contributed by atoms with Gasteiger partial charge in [-0.15, -0.1) is 0 Å². The molecule has 0 aromatic heterocycles. The topological polar surface area (TPSA) is 52.6 Å². The second-order valence-electron chi connectivity index (χ2n) is 3.61. The zero-order valence-electron chi connectivity index (χ0n) is 10.6. The van der Waals surface area contributed by atoms with Crippen LogP contribution in [-0.2, 0) is 19.1 Å². The molecule has 0 atom stereocenters. The number of ether oxygens (including phenoxy) is 2. The van der Waals surface area contributed by atoms with Crippen LogP contribution in [0.4, 0.5) is 0 Å². The van der Waals surface area contributed by atoms with Crippen LogP contribution in [0.25, 0.3) is 0 Å². The summed E-state index contributed by atoms with van der Waals surface area (Å²) in [6.45, 7) is 4.55. The fourth-order valence-corrected chi connectivity index (χ4v) is 1.33. The van der Waals surface area contributed by atoms with Crippen LogP contribution in [0.2, 0.25) is 0 Å². The largest absolute Gasteiger partial charge is 0.462 e. The van der Waals surface area contributed by atoms with E-state index in [4.69, 9.17) is 21.1 Å². The van der Waals surface area contributed by atoms with Gasteiger partial charge in [0.1, 0.15) is 9.51 Å². The summed E-state index contributed by atoms with van der Waals surface area (Å²) < 4.78 is 9.68. The van der Waals surface area contributed by atoms with Crippen molar-refractivity contribution >= 4 is 39.5 Å². The molecule has 0 amide bonds. The highest BCUT2D eigenvalue weighted by atomic mass is 79.9. The van der Waals surface area contributed by atoms with Gasteiger partial charge in [0.2, 0.25) is 0 Å². The first-order valence-electron chi connectivity index (χ1n) is 5.94. The summed E-state index contributed by atoms with van der Waals surface area (Å²) in [6.07, 6.45) is 3.36. The minimum absolute atomic E-state index is 0.0956. The first kappa shape index (κ1) is 17.4. The lowest BCUT2D eigenvalue weighted by Gasteiger charge is -2.06. The predicted octanol–water partition coefficient (Wildman–Crippen LogP) is 3.52. The molecular weight excluding hydrogens is 323 g/mol. The van der Waals surface area contributed by atoms with Gasteiger partial charge in [-0.1, -0.05) is 38.3 Å². The van der Waals surface area contributed by atoms with E-state index in [1.54, 1.807) is 0 Å². The maximum absolute atomic E-state index is 11.5. The number of carbonyl (C=O) groups excluding carboxylic acids is 2. The van der Waals surface area contributed by atoms with E-state index in [1.165, 1.54) is 0 Å². The normalized spacial score (nSPS) is 11.8. The van der Waals surface area contributed by atoms with Crippen molar-refractivity contribution in [3.8, 4) is 0 Å². The third-order valence-electron chi connectivity index (χ3n) is 2.01. The molecule has 0 unspecified atom stereocenters. The minimum Gasteiger partial charge on any atom is -0.462 e. The molecule has 0 N–H and O–H groups in total. The van der Waals surface area contributed by atoms with Crippen LogP contribution in [-0.4, -0.2) is 25.2 Å². The maximum atomic E-state index is 11.5. The number of halogens is 2. The van der Waals surface area contributed by atoms with Crippen LogP contribution in [0.5, 0.6) is 0 Å². The molecule has 0 saturated heterocycles. The molecule has 6 heteroatoms. The van der Waals surface area contributed by atoms with Gasteiger partial charge in [0.15, 0.2) is 0 Å². The molecular formula is C12H18BrClO4. The molecule has 0 fully saturated rings. The van der Waals surface area contributed by atoms with Crippen molar-refractivity contribution in [3.05, 3.63) is 9.51 Å². The lowest BCUT2D eigenvalue weighted by Crippen LogP contribution is -2.12. The number of rotatable bonds is 8. The summed E-state index contributed by atoms with van der Waals surface area (Å²) in [4.78, 5) is 22.9. The molecule has 18 heavy (non-hydrogen) atoms. The molecule has 0 radical (unpaired) electrons. The maximum Gasteiger partial charge on any atom is 0.351 e. The van der Waals surface area contributed by atoms with Gasteiger partial charge in [0, 0.05) is 0 Å². The second-order valence-corrected chi connectivity index (χ2v) is 4.78. The van der Waals surface area contributed by atoms with Crippen LogP contribution < -0.4 is 0 Å². The summed E-state index contributed by atoms with van der Waals surface area (Å²) in [5.41, 5.74) is 0. The van der Waals surface area contributed by atoms with E-state index in [1.807, 2.05) is 13.8 Å². The molecule has 0 heterocycles. The van der Waals surface area contributed by atoms with Crippen molar-refractivity contribution in [2.24, 2.45) is 0 Å². The molecule has 0 bridgehead atoms. The number of hydrogen-bond donors (Lipinski definition) is 0. The highest BCUT2D eigenvalue weighted by molar-refractivity contribution is 9.12. The Morgan fingerprint density at radius 3 is 1.89 bits per heavy atom. The Morgan fingerprint density at radius 2 is 1.44 bits per heavy atom. The minimum atomic E-state index is -0.718. The predicted molar refractivity (Wildman–Crippen MR) is 73.5 cm³/mol. The summed E-state index contributed by atoms with van der Waals surface area (Å²) in [7, 11) is 0. The number of esters is 2. The van der Waals surface area contributed by atoms with E-state index >= 15 is 0 Å². The van der Waals surface area contributed by atoms with Crippen molar-refractivity contribution in [3.63, 3.8) is 0 Å². The van der Waals surface area contributed by atoms with E-state index in [-0.39, 0.29) is 16.1 Å². The third kappa shape index (κ3) is 7.01. The van der Waals surface area contributed by atoms with Crippen molar-refractivity contribution in [2.45, 2.75) is 39.5 Å². The number of hydrogen-bond acceptors (Lipinski definition) is 4. The van der Waals surface area contributed by atoms with E-state index in [2.05, 4.69) is 15.9 Å². The molecule has 0 aromatic carbocycles. The second kappa shape index (κ2) is 10.4.